The SMILES string of the molecule is Cc1ccc2oc(=O)cc(C3C(C#N)=C(N)Oc4c3c(=O)oc3ccccc43)c2c1. The molecule has 5 rings (SSSR count). The first-order valence-corrected chi connectivity index (χ1v) is 9.15. The molecule has 146 valence electrons. The highest BCUT2D eigenvalue weighted by molar-refractivity contribution is 5.88. The molecule has 0 radical (unpaired) electrons. The number of fused-ring (bicyclic) bond motifs is 4. The lowest BCUT2D eigenvalue weighted by molar-refractivity contribution is 0.388. The van der Waals surface area contributed by atoms with Crippen molar-refractivity contribution in [3.05, 3.63) is 97.5 Å². The maximum atomic E-state index is 13.0. The first kappa shape index (κ1) is 17.8. The Morgan fingerprint density at radius 2 is 1.77 bits per heavy atom. The summed E-state index contributed by atoms with van der Waals surface area (Å²) in [6.07, 6.45) is 0. The summed E-state index contributed by atoms with van der Waals surface area (Å²) in [5, 5.41) is 11.0. The molecule has 1 aliphatic heterocycles. The second kappa shape index (κ2) is 6.36. The van der Waals surface area contributed by atoms with E-state index in [0.717, 1.165) is 5.56 Å². The van der Waals surface area contributed by atoms with Gasteiger partial charge in [0.1, 0.15) is 22.8 Å². The molecular formula is C23H14N2O5. The largest absolute Gasteiger partial charge is 0.439 e. The third-order valence-corrected chi connectivity index (χ3v) is 5.22. The van der Waals surface area contributed by atoms with E-state index in [4.69, 9.17) is 19.3 Å². The van der Waals surface area contributed by atoms with Crippen LogP contribution in [0.4, 0.5) is 0 Å². The van der Waals surface area contributed by atoms with Crippen molar-refractivity contribution in [1.29, 1.82) is 5.26 Å². The molecule has 0 saturated carbocycles. The number of hydrogen-bond donors (Lipinski definition) is 1. The number of hydrogen-bond acceptors (Lipinski definition) is 7. The summed E-state index contributed by atoms with van der Waals surface area (Å²) in [4.78, 5) is 25.3. The van der Waals surface area contributed by atoms with E-state index >= 15 is 0 Å². The summed E-state index contributed by atoms with van der Waals surface area (Å²) in [7, 11) is 0. The van der Waals surface area contributed by atoms with Crippen molar-refractivity contribution in [2.75, 3.05) is 0 Å². The number of ether oxygens (including phenoxy) is 1. The van der Waals surface area contributed by atoms with Crippen molar-refractivity contribution < 1.29 is 13.6 Å². The molecule has 2 aromatic carbocycles. The van der Waals surface area contributed by atoms with Crippen LogP contribution in [0.25, 0.3) is 21.9 Å². The maximum absolute atomic E-state index is 13.0. The van der Waals surface area contributed by atoms with Gasteiger partial charge in [-0.25, -0.2) is 9.59 Å². The van der Waals surface area contributed by atoms with Gasteiger partial charge in [-0.05, 0) is 36.8 Å². The van der Waals surface area contributed by atoms with Crippen LogP contribution in [-0.4, -0.2) is 0 Å². The number of nitrogens with zero attached hydrogens (tertiary/aromatic N) is 1. The van der Waals surface area contributed by atoms with Gasteiger partial charge in [-0.3, -0.25) is 0 Å². The van der Waals surface area contributed by atoms with Crippen LogP contribution >= 0.6 is 0 Å². The highest BCUT2D eigenvalue weighted by atomic mass is 16.5. The van der Waals surface area contributed by atoms with Crippen molar-refractivity contribution in [3.63, 3.8) is 0 Å². The average Bonchev–Trinajstić information content (AvgIpc) is 2.72. The van der Waals surface area contributed by atoms with Gasteiger partial charge in [0.15, 0.2) is 5.75 Å². The second-order valence-corrected chi connectivity index (χ2v) is 7.07. The summed E-state index contributed by atoms with van der Waals surface area (Å²) < 4.78 is 16.5. The fourth-order valence-electron chi connectivity index (χ4n) is 3.92. The molecule has 2 aromatic heterocycles. The Morgan fingerprint density at radius 3 is 2.57 bits per heavy atom. The number of rotatable bonds is 1. The van der Waals surface area contributed by atoms with Crippen molar-refractivity contribution >= 4 is 21.9 Å². The van der Waals surface area contributed by atoms with Crippen LogP contribution in [0.5, 0.6) is 5.75 Å². The van der Waals surface area contributed by atoms with Gasteiger partial charge in [0.25, 0.3) is 0 Å². The number of benzene rings is 2. The molecule has 1 unspecified atom stereocenters. The Balaban J connectivity index is 1.95. The first-order chi connectivity index (χ1) is 14.5. The zero-order valence-corrected chi connectivity index (χ0v) is 15.8. The Kier molecular flexibility index (Phi) is 3.76. The van der Waals surface area contributed by atoms with Crippen LogP contribution in [0.2, 0.25) is 0 Å². The Morgan fingerprint density at radius 1 is 1.00 bits per heavy atom. The van der Waals surface area contributed by atoms with Gasteiger partial charge < -0.3 is 19.3 Å². The third kappa shape index (κ3) is 2.51. The lowest BCUT2D eigenvalue weighted by Gasteiger charge is -2.26. The molecule has 7 nitrogen and oxygen atoms in total. The zero-order valence-electron chi connectivity index (χ0n) is 15.8. The van der Waals surface area contributed by atoms with E-state index in [1.54, 1.807) is 30.3 Å². The number of nitriles is 1. The van der Waals surface area contributed by atoms with E-state index in [-0.39, 0.29) is 22.8 Å². The highest BCUT2D eigenvalue weighted by Crippen LogP contribution is 2.44. The van der Waals surface area contributed by atoms with Gasteiger partial charge in [0, 0.05) is 11.5 Å². The van der Waals surface area contributed by atoms with Crippen LogP contribution in [0, 0.1) is 18.3 Å². The molecule has 0 bridgehead atoms. The second-order valence-electron chi connectivity index (χ2n) is 7.07. The zero-order chi connectivity index (χ0) is 21.0. The highest BCUT2D eigenvalue weighted by Gasteiger charge is 2.36. The summed E-state index contributed by atoms with van der Waals surface area (Å²) in [5.41, 5.74) is 6.99. The number of allylic oxidation sites excluding steroid dienone is 1. The van der Waals surface area contributed by atoms with E-state index in [1.807, 2.05) is 25.1 Å². The first-order valence-electron chi connectivity index (χ1n) is 9.15. The normalized spacial score (nSPS) is 15.7. The number of para-hydroxylation sites is 1. The number of nitrogens with two attached hydrogens (primary N) is 1. The predicted molar refractivity (Wildman–Crippen MR) is 109 cm³/mol. The lowest BCUT2D eigenvalue weighted by Crippen LogP contribution is -2.27. The van der Waals surface area contributed by atoms with E-state index in [1.165, 1.54) is 6.07 Å². The van der Waals surface area contributed by atoms with E-state index in [2.05, 4.69) is 0 Å². The molecule has 7 heteroatoms. The maximum Gasteiger partial charge on any atom is 0.344 e. The molecule has 2 N–H and O–H groups in total. The standard InChI is InChI=1S/C23H14N2O5/c1-11-6-7-17-13(8-11)14(9-18(26)28-17)19-15(10-24)22(25)30-21-12-4-2-3-5-16(12)29-23(27)20(19)21/h2-9,19H,25H2,1H3. The van der Waals surface area contributed by atoms with Gasteiger partial charge in [-0.2, -0.15) is 5.26 Å². The van der Waals surface area contributed by atoms with Gasteiger partial charge in [-0.15, -0.1) is 0 Å². The average molecular weight is 398 g/mol. The quantitative estimate of drug-likeness (QED) is 0.488. The molecule has 0 fully saturated rings. The van der Waals surface area contributed by atoms with Crippen molar-refractivity contribution in [2.24, 2.45) is 5.73 Å². The molecule has 4 aromatic rings. The summed E-state index contributed by atoms with van der Waals surface area (Å²) in [6, 6.07) is 15.5. The minimum Gasteiger partial charge on any atom is -0.439 e. The monoisotopic (exact) mass is 398 g/mol. The topological polar surface area (TPSA) is 119 Å². The summed E-state index contributed by atoms with van der Waals surface area (Å²) >= 11 is 0. The Bertz CT molecular complexity index is 1550. The van der Waals surface area contributed by atoms with Gasteiger partial charge >= 0.3 is 11.3 Å². The van der Waals surface area contributed by atoms with Crippen LogP contribution in [0.15, 0.2) is 78.4 Å². The fraction of sp³-hybridized carbons (Fsp3) is 0.0870. The predicted octanol–water partition coefficient (Wildman–Crippen LogP) is 3.43. The fourth-order valence-corrected chi connectivity index (χ4v) is 3.92. The summed E-state index contributed by atoms with van der Waals surface area (Å²) in [5.74, 6) is -0.842. The lowest BCUT2D eigenvalue weighted by atomic mass is 9.82. The van der Waals surface area contributed by atoms with Crippen molar-refractivity contribution in [3.8, 4) is 11.8 Å². The molecule has 30 heavy (non-hydrogen) atoms. The van der Waals surface area contributed by atoms with E-state index < -0.39 is 17.2 Å². The van der Waals surface area contributed by atoms with Crippen LogP contribution in [0.3, 0.4) is 0 Å². The van der Waals surface area contributed by atoms with E-state index in [0.29, 0.717) is 27.5 Å². The molecule has 1 aliphatic rings. The van der Waals surface area contributed by atoms with E-state index in [9.17, 15) is 14.9 Å². The Hall–Kier alpha value is -4.31. The van der Waals surface area contributed by atoms with Gasteiger partial charge in [0.2, 0.25) is 5.88 Å². The van der Waals surface area contributed by atoms with Crippen LogP contribution < -0.4 is 21.7 Å². The summed E-state index contributed by atoms with van der Waals surface area (Å²) in [6.45, 7) is 1.89. The van der Waals surface area contributed by atoms with Gasteiger partial charge in [-0.1, -0.05) is 23.8 Å². The molecule has 0 saturated heterocycles. The molecule has 3 heterocycles. The molecule has 0 aliphatic carbocycles. The third-order valence-electron chi connectivity index (χ3n) is 5.22. The van der Waals surface area contributed by atoms with Crippen molar-refractivity contribution in [1.82, 2.24) is 0 Å². The smallest absolute Gasteiger partial charge is 0.344 e. The molecule has 1 atom stereocenters. The molecule has 0 amide bonds. The minimum atomic E-state index is -0.937. The minimum absolute atomic E-state index is 0.0264. The Labute approximate surface area is 169 Å². The van der Waals surface area contributed by atoms with Crippen molar-refractivity contribution in [2.45, 2.75) is 12.8 Å². The van der Waals surface area contributed by atoms with Crippen LogP contribution in [-0.2, 0) is 0 Å². The van der Waals surface area contributed by atoms with Gasteiger partial charge in [0.05, 0.1) is 16.9 Å². The number of aryl methyl sites for hydroxylation is 1. The molecular weight excluding hydrogens is 384 g/mol. The van der Waals surface area contributed by atoms with Crippen LogP contribution in [0.1, 0.15) is 22.6 Å². The molecule has 0 spiro atoms.